The topological polar surface area (TPSA) is 35.5 Å². The molecule has 0 amide bonds. The number of ether oxygens (including phenoxy) is 2. The normalized spacial score (nSPS) is 16.8. The van der Waals surface area contributed by atoms with Gasteiger partial charge in [0.25, 0.3) is 0 Å². The lowest BCUT2D eigenvalue weighted by Gasteiger charge is -2.32. The lowest BCUT2D eigenvalue weighted by atomic mass is 9.93. The van der Waals surface area contributed by atoms with E-state index >= 15 is 0 Å². The van der Waals surface area contributed by atoms with E-state index in [2.05, 4.69) is 0 Å². The van der Waals surface area contributed by atoms with Crippen LogP contribution in [-0.2, 0) is 4.79 Å². The first kappa shape index (κ1) is 10.7. The lowest BCUT2D eigenvalue weighted by Crippen LogP contribution is -2.34. The molecule has 0 N–H and O–H groups in total. The quantitative estimate of drug-likeness (QED) is 0.715. The van der Waals surface area contributed by atoms with Gasteiger partial charge in [-0.25, -0.2) is 0 Å². The molecular formula is C13H14O3. The Balaban J connectivity index is 2.59. The fourth-order valence-electron chi connectivity index (χ4n) is 1.75. The Kier molecular flexibility index (Phi) is 2.46. The molecule has 0 atom stereocenters. The summed E-state index contributed by atoms with van der Waals surface area (Å²) in [4.78, 5) is 11.0. The molecule has 16 heavy (non-hydrogen) atoms. The third-order valence-corrected chi connectivity index (χ3v) is 2.72. The first-order valence-corrected chi connectivity index (χ1v) is 5.12. The maximum absolute atomic E-state index is 11.0. The molecule has 1 aromatic carbocycles. The zero-order valence-electron chi connectivity index (χ0n) is 9.61. The minimum absolute atomic E-state index is 0.608. The van der Waals surface area contributed by atoms with Gasteiger partial charge in [-0.15, -0.1) is 0 Å². The summed E-state index contributed by atoms with van der Waals surface area (Å²) in [7, 11) is 1.60. The van der Waals surface area contributed by atoms with Gasteiger partial charge in [0.1, 0.15) is 11.9 Å². The number of carbonyl (C=O) groups is 1. The average Bonchev–Trinajstić information content (AvgIpc) is 2.26. The molecule has 1 aromatic rings. The summed E-state index contributed by atoms with van der Waals surface area (Å²) in [5.41, 5.74) is 0.901. The van der Waals surface area contributed by atoms with Gasteiger partial charge in [0.05, 0.1) is 7.11 Å². The van der Waals surface area contributed by atoms with Gasteiger partial charge in [-0.2, -0.15) is 0 Å². The van der Waals surface area contributed by atoms with Crippen LogP contribution in [0, 0.1) is 0 Å². The van der Waals surface area contributed by atoms with E-state index in [1.54, 1.807) is 7.11 Å². The second-order valence-electron chi connectivity index (χ2n) is 4.21. The standard InChI is InChI=1S/C13H14O3/c1-13(2)10(8-14)7-9-5-4-6-11(15-3)12(9)16-13/h4-8H,1-3H3. The molecule has 0 saturated carbocycles. The second-order valence-corrected chi connectivity index (χ2v) is 4.21. The first-order chi connectivity index (χ1) is 7.58. The van der Waals surface area contributed by atoms with Crippen LogP contribution in [0.25, 0.3) is 6.08 Å². The van der Waals surface area contributed by atoms with Crippen LogP contribution in [0.1, 0.15) is 19.4 Å². The molecule has 0 saturated heterocycles. The number of hydrogen-bond donors (Lipinski definition) is 0. The minimum atomic E-state index is -0.608. The van der Waals surface area contributed by atoms with Crippen molar-refractivity contribution in [3.8, 4) is 11.5 Å². The van der Waals surface area contributed by atoms with Crippen LogP contribution in [-0.4, -0.2) is 19.0 Å². The Labute approximate surface area is 94.7 Å². The van der Waals surface area contributed by atoms with Gasteiger partial charge in [0.15, 0.2) is 11.5 Å². The number of para-hydroxylation sites is 1. The maximum atomic E-state index is 11.0. The Morgan fingerprint density at radius 1 is 1.38 bits per heavy atom. The number of fused-ring (bicyclic) bond motifs is 1. The van der Waals surface area contributed by atoms with E-state index < -0.39 is 5.60 Å². The summed E-state index contributed by atoms with van der Waals surface area (Å²) < 4.78 is 11.1. The molecule has 1 aliphatic heterocycles. The van der Waals surface area contributed by atoms with E-state index in [0.29, 0.717) is 17.1 Å². The van der Waals surface area contributed by atoms with Gasteiger partial charge in [0, 0.05) is 11.1 Å². The Bertz CT molecular complexity index is 458. The van der Waals surface area contributed by atoms with Crippen molar-refractivity contribution in [1.29, 1.82) is 0 Å². The second kappa shape index (κ2) is 3.67. The summed E-state index contributed by atoms with van der Waals surface area (Å²) in [5, 5.41) is 0. The van der Waals surface area contributed by atoms with E-state index in [9.17, 15) is 4.79 Å². The molecule has 0 fully saturated rings. The molecule has 1 heterocycles. The molecule has 0 aliphatic carbocycles. The van der Waals surface area contributed by atoms with Gasteiger partial charge >= 0.3 is 0 Å². The summed E-state index contributed by atoms with van der Waals surface area (Å²) >= 11 is 0. The van der Waals surface area contributed by atoms with E-state index in [-0.39, 0.29) is 0 Å². The van der Waals surface area contributed by atoms with Crippen LogP contribution < -0.4 is 9.47 Å². The highest BCUT2D eigenvalue weighted by atomic mass is 16.5. The summed E-state index contributed by atoms with van der Waals surface area (Å²) in [6.45, 7) is 3.73. The van der Waals surface area contributed by atoms with Gasteiger partial charge in [-0.3, -0.25) is 4.79 Å². The van der Waals surface area contributed by atoms with Crippen molar-refractivity contribution in [2.45, 2.75) is 19.4 Å². The number of hydrogen-bond acceptors (Lipinski definition) is 3. The van der Waals surface area contributed by atoms with Crippen molar-refractivity contribution in [3.05, 3.63) is 29.3 Å². The van der Waals surface area contributed by atoms with Gasteiger partial charge in [-0.1, -0.05) is 12.1 Å². The first-order valence-electron chi connectivity index (χ1n) is 5.12. The van der Waals surface area contributed by atoms with E-state index in [4.69, 9.17) is 9.47 Å². The van der Waals surface area contributed by atoms with Crippen LogP contribution in [0.2, 0.25) is 0 Å². The summed E-state index contributed by atoms with van der Waals surface area (Å²) in [6.07, 6.45) is 2.68. The number of rotatable bonds is 2. The zero-order valence-corrected chi connectivity index (χ0v) is 9.61. The van der Waals surface area contributed by atoms with E-state index in [1.807, 2.05) is 38.1 Å². The largest absolute Gasteiger partial charge is 0.493 e. The highest BCUT2D eigenvalue weighted by molar-refractivity contribution is 5.87. The summed E-state index contributed by atoms with van der Waals surface area (Å²) in [6, 6.07) is 5.61. The molecule has 3 nitrogen and oxygen atoms in total. The van der Waals surface area contributed by atoms with E-state index in [1.165, 1.54) is 0 Å². The zero-order chi connectivity index (χ0) is 11.8. The molecule has 3 heteroatoms. The predicted molar refractivity (Wildman–Crippen MR) is 61.7 cm³/mol. The van der Waals surface area contributed by atoms with Crippen molar-refractivity contribution < 1.29 is 14.3 Å². The van der Waals surface area contributed by atoms with Gasteiger partial charge in [0.2, 0.25) is 0 Å². The Morgan fingerprint density at radius 3 is 2.75 bits per heavy atom. The molecular weight excluding hydrogens is 204 g/mol. The molecule has 0 aromatic heterocycles. The van der Waals surface area contributed by atoms with Crippen molar-refractivity contribution >= 4 is 12.4 Å². The third kappa shape index (κ3) is 1.58. The van der Waals surface area contributed by atoms with Crippen molar-refractivity contribution in [1.82, 2.24) is 0 Å². The highest BCUT2D eigenvalue weighted by Gasteiger charge is 2.31. The van der Waals surface area contributed by atoms with Crippen molar-refractivity contribution in [2.75, 3.05) is 7.11 Å². The molecule has 0 spiro atoms. The minimum Gasteiger partial charge on any atom is -0.493 e. The number of methoxy groups -OCH3 is 1. The average molecular weight is 218 g/mol. The van der Waals surface area contributed by atoms with Crippen molar-refractivity contribution in [3.63, 3.8) is 0 Å². The molecule has 0 unspecified atom stereocenters. The number of aldehydes is 1. The predicted octanol–water partition coefficient (Wildman–Crippen LogP) is 2.45. The van der Waals surface area contributed by atoms with Crippen LogP contribution >= 0.6 is 0 Å². The highest BCUT2D eigenvalue weighted by Crippen LogP contribution is 2.40. The van der Waals surface area contributed by atoms with Crippen LogP contribution in [0.5, 0.6) is 11.5 Å². The van der Waals surface area contributed by atoms with Gasteiger partial charge in [-0.05, 0) is 26.0 Å². The van der Waals surface area contributed by atoms with Crippen LogP contribution in [0.3, 0.4) is 0 Å². The van der Waals surface area contributed by atoms with Crippen LogP contribution in [0.4, 0.5) is 0 Å². The smallest absolute Gasteiger partial charge is 0.169 e. The SMILES string of the molecule is COc1cccc2c1OC(C)(C)C(C=O)=C2. The third-order valence-electron chi connectivity index (χ3n) is 2.72. The fraction of sp³-hybridized carbons (Fsp3) is 0.308. The Morgan fingerprint density at radius 2 is 2.12 bits per heavy atom. The maximum Gasteiger partial charge on any atom is 0.169 e. The number of carbonyl (C=O) groups excluding carboxylic acids is 1. The lowest BCUT2D eigenvalue weighted by molar-refractivity contribution is -0.106. The molecule has 1 aliphatic rings. The monoisotopic (exact) mass is 218 g/mol. The van der Waals surface area contributed by atoms with Crippen molar-refractivity contribution in [2.24, 2.45) is 0 Å². The van der Waals surface area contributed by atoms with E-state index in [0.717, 1.165) is 11.8 Å². The fourth-order valence-corrected chi connectivity index (χ4v) is 1.75. The number of benzene rings is 1. The molecule has 84 valence electrons. The molecule has 0 radical (unpaired) electrons. The van der Waals surface area contributed by atoms with Crippen LogP contribution in [0.15, 0.2) is 23.8 Å². The Hall–Kier alpha value is -1.77. The van der Waals surface area contributed by atoms with Gasteiger partial charge < -0.3 is 9.47 Å². The molecule has 2 rings (SSSR count). The summed E-state index contributed by atoms with van der Waals surface area (Å²) in [5.74, 6) is 1.38. The molecule has 0 bridgehead atoms.